The van der Waals surface area contributed by atoms with Gasteiger partial charge in [0.25, 0.3) is 0 Å². The van der Waals surface area contributed by atoms with Gasteiger partial charge in [-0.2, -0.15) is 0 Å². The van der Waals surface area contributed by atoms with Gasteiger partial charge in [0.15, 0.2) is 0 Å². The quantitative estimate of drug-likeness (QED) is 0.896. The average Bonchev–Trinajstić information content (AvgIpc) is 2.16. The number of halogens is 2. The average molecular weight is 259 g/mol. The van der Waals surface area contributed by atoms with Crippen molar-refractivity contribution in [2.24, 2.45) is 5.41 Å². The van der Waals surface area contributed by atoms with Crippen molar-refractivity contribution < 1.29 is 9.90 Å². The van der Waals surface area contributed by atoms with Crippen LogP contribution in [0.2, 0.25) is 10.0 Å². The number of carboxylic acid groups (broad SMARTS) is 1. The molecule has 0 bridgehead atoms. The highest BCUT2D eigenvalue weighted by Gasteiger charge is 2.44. The monoisotopic (exact) mass is 258 g/mol. The van der Waals surface area contributed by atoms with E-state index in [1.807, 2.05) is 6.07 Å². The number of hydrogen-bond acceptors (Lipinski definition) is 1. The Morgan fingerprint density at radius 3 is 2.44 bits per heavy atom. The Kier molecular flexibility index (Phi) is 3.13. The molecule has 0 heterocycles. The van der Waals surface area contributed by atoms with Crippen molar-refractivity contribution in [3.05, 3.63) is 33.8 Å². The predicted molar refractivity (Wildman–Crippen MR) is 64.1 cm³/mol. The molecule has 0 spiro atoms. The van der Waals surface area contributed by atoms with Gasteiger partial charge in [-0.15, -0.1) is 0 Å². The largest absolute Gasteiger partial charge is 0.481 e. The minimum atomic E-state index is -0.704. The standard InChI is InChI=1S/C12H12Cl2O2/c13-9-3-2-8(6-10(9)14)7-12(11(15)16)4-1-5-12/h2-3,6H,1,4-5,7H2,(H,15,16). The van der Waals surface area contributed by atoms with Gasteiger partial charge < -0.3 is 5.11 Å². The maximum Gasteiger partial charge on any atom is 0.309 e. The van der Waals surface area contributed by atoms with Gasteiger partial charge >= 0.3 is 5.97 Å². The van der Waals surface area contributed by atoms with Gasteiger partial charge in [-0.25, -0.2) is 0 Å². The summed E-state index contributed by atoms with van der Waals surface area (Å²) in [6, 6.07) is 5.32. The molecule has 0 aliphatic heterocycles. The lowest BCUT2D eigenvalue weighted by Crippen LogP contribution is -2.39. The fraction of sp³-hybridized carbons (Fsp3) is 0.417. The molecule has 1 aliphatic carbocycles. The summed E-state index contributed by atoms with van der Waals surface area (Å²) in [4.78, 5) is 11.2. The number of benzene rings is 1. The van der Waals surface area contributed by atoms with E-state index < -0.39 is 11.4 Å². The normalized spacial score (nSPS) is 17.9. The molecule has 4 heteroatoms. The van der Waals surface area contributed by atoms with E-state index >= 15 is 0 Å². The summed E-state index contributed by atoms with van der Waals surface area (Å²) in [6.07, 6.45) is 3.04. The highest BCUT2D eigenvalue weighted by atomic mass is 35.5. The second kappa shape index (κ2) is 4.27. The summed E-state index contributed by atoms with van der Waals surface area (Å²) in [7, 11) is 0. The van der Waals surface area contributed by atoms with Crippen LogP contribution in [-0.2, 0) is 11.2 Å². The molecule has 1 N–H and O–H groups in total. The van der Waals surface area contributed by atoms with Crippen molar-refractivity contribution in [2.45, 2.75) is 25.7 Å². The third-order valence-electron chi connectivity index (χ3n) is 3.29. The van der Waals surface area contributed by atoms with E-state index in [9.17, 15) is 9.90 Å². The molecule has 0 radical (unpaired) electrons. The molecule has 0 unspecified atom stereocenters. The zero-order chi connectivity index (χ0) is 11.8. The van der Waals surface area contributed by atoms with Crippen LogP contribution in [-0.4, -0.2) is 11.1 Å². The van der Waals surface area contributed by atoms with E-state index in [-0.39, 0.29) is 0 Å². The molecular weight excluding hydrogens is 247 g/mol. The molecule has 1 fully saturated rings. The highest BCUT2D eigenvalue weighted by Crippen LogP contribution is 2.44. The number of aliphatic carboxylic acids is 1. The summed E-state index contributed by atoms with van der Waals surface area (Å²) in [5, 5.41) is 10.2. The van der Waals surface area contributed by atoms with Gasteiger partial charge in [0.2, 0.25) is 0 Å². The Morgan fingerprint density at radius 1 is 1.31 bits per heavy atom. The SMILES string of the molecule is O=C(O)C1(Cc2ccc(Cl)c(Cl)c2)CCC1. The Bertz CT molecular complexity index is 425. The van der Waals surface area contributed by atoms with Crippen molar-refractivity contribution in [1.82, 2.24) is 0 Å². The van der Waals surface area contributed by atoms with Gasteiger partial charge in [0.1, 0.15) is 0 Å². The van der Waals surface area contributed by atoms with E-state index in [0.29, 0.717) is 16.5 Å². The zero-order valence-electron chi connectivity index (χ0n) is 8.67. The molecule has 86 valence electrons. The third kappa shape index (κ3) is 2.04. The number of hydrogen-bond donors (Lipinski definition) is 1. The second-order valence-corrected chi connectivity index (χ2v) is 5.18. The maximum atomic E-state index is 11.2. The molecule has 1 aromatic rings. The molecule has 1 aliphatic rings. The fourth-order valence-corrected chi connectivity index (χ4v) is 2.43. The van der Waals surface area contributed by atoms with Crippen molar-refractivity contribution in [3.63, 3.8) is 0 Å². The Hall–Kier alpha value is -0.730. The second-order valence-electron chi connectivity index (χ2n) is 4.36. The molecule has 2 nitrogen and oxygen atoms in total. The molecule has 0 saturated heterocycles. The van der Waals surface area contributed by atoms with Crippen LogP contribution in [0.15, 0.2) is 18.2 Å². The molecular formula is C12H12Cl2O2. The van der Waals surface area contributed by atoms with Gasteiger partial charge in [-0.05, 0) is 37.0 Å². The summed E-state index contributed by atoms with van der Waals surface area (Å²) >= 11 is 11.7. The Labute approximate surface area is 104 Å². The van der Waals surface area contributed by atoms with Crippen LogP contribution in [0.3, 0.4) is 0 Å². The van der Waals surface area contributed by atoms with Crippen molar-refractivity contribution in [2.75, 3.05) is 0 Å². The summed E-state index contributed by atoms with van der Waals surface area (Å²) in [6.45, 7) is 0. The number of carboxylic acids is 1. The van der Waals surface area contributed by atoms with Gasteiger partial charge in [-0.1, -0.05) is 35.7 Å². The summed E-state index contributed by atoms with van der Waals surface area (Å²) in [5.74, 6) is -0.704. The molecule has 1 aromatic carbocycles. The fourth-order valence-electron chi connectivity index (χ4n) is 2.11. The van der Waals surface area contributed by atoms with E-state index in [0.717, 1.165) is 24.8 Å². The minimum absolute atomic E-state index is 0.485. The Balaban J connectivity index is 2.20. The Morgan fingerprint density at radius 2 is 2.00 bits per heavy atom. The van der Waals surface area contributed by atoms with Crippen LogP contribution in [0.4, 0.5) is 0 Å². The molecule has 0 aromatic heterocycles. The lowest BCUT2D eigenvalue weighted by atomic mass is 9.65. The number of carbonyl (C=O) groups is 1. The van der Waals surface area contributed by atoms with Crippen molar-refractivity contribution in [3.8, 4) is 0 Å². The zero-order valence-corrected chi connectivity index (χ0v) is 10.2. The summed E-state index contributed by atoms with van der Waals surface area (Å²) < 4.78 is 0. The van der Waals surface area contributed by atoms with Crippen LogP contribution in [0.1, 0.15) is 24.8 Å². The smallest absolute Gasteiger partial charge is 0.309 e. The first-order valence-electron chi connectivity index (χ1n) is 5.21. The minimum Gasteiger partial charge on any atom is -0.481 e. The number of rotatable bonds is 3. The van der Waals surface area contributed by atoms with Gasteiger partial charge in [-0.3, -0.25) is 4.79 Å². The van der Waals surface area contributed by atoms with Gasteiger partial charge in [0, 0.05) is 0 Å². The molecule has 16 heavy (non-hydrogen) atoms. The van der Waals surface area contributed by atoms with E-state index in [2.05, 4.69) is 0 Å². The third-order valence-corrected chi connectivity index (χ3v) is 4.03. The molecule has 1 saturated carbocycles. The predicted octanol–water partition coefficient (Wildman–Crippen LogP) is 3.79. The van der Waals surface area contributed by atoms with E-state index in [4.69, 9.17) is 23.2 Å². The summed E-state index contributed by atoms with van der Waals surface area (Å²) in [5.41, 5.74) is 0.369. The molecule has 2 rings (SSSR count). The highest BCUT2D eigenvalue weighted by molar-refractivity contribution is 6.42. The lowest BCUT2D eigenvalue weighted by Gasteiger charge is -2.37. The molecule has 0 amide bonds. The van der Waals surface area contributed by atoms with Crippen LogP contribution < -0.4 is 0 Å². The van der Waals surface area contributed by atoms with Crippen LogP contribution >= 0.6 is 23.2 Å². The lowest BCUT2D eigenvalue weighted by molar-refractivity contribution is -0.154. The van der Waals surface area contributed by atoms with Crippen LogP contribution in [0, 0.1) is 5.41 Å². The first kappa shape index (κ1) is 11.7. The van der Waals surface area contributed by atoms with E-state index in [1.165, 1.54) is 0 Å². The first-order valence-corrected chi connectivity index (χ1v) is 5.96. The maximum absolute atomic E-state index is 11.2. The van der Waals surface area contributed by atoms with Crippen LogP contribution in [0.5, 0.6) is 0 Å². The van der Waals surface area contributed by atoms with E-state index in [1.54, 1.807) is 12.1 Å². The van der Waals surface area contributed by atoms with Crippen molar-refractivity contribution >= 4 is 29.2 Å². The topological polar surface area (TPSA) is 37.3 Å². The van der Waals surface area contributed by atoms with Crippen molar-refractivity contribution in [1.29, 1.82) is 0 Å². The first-order chi connectivity index (χ1) is 7.53. The van der Waals surface area contributed by atoms with Crippen LogP contribution in [0.25, 0.3) is 0 Å². The molecule has 0 atom stereocenters. The van der Waals surface area contributed by atoms with Gasteiger partial charge in [0.05, 0.1) is 15.5 Å².